The van der Waals surface area contributed by atoms with Crippen molar-refractivity contribution < 1.29 is 4.21 Å². The zero-order chi connectivity index (χ0) is 23.8. The standard InChI is InChI=1S/C27H26N4O2S/c1-4-24-25(16-28-2)30(27(32)31(24)20-11-12-20)17-23-26(18-9-13-21(14-10-18)34(3)33)22-8-6-5-7-19(22)15-29-23/h4-10,13-16,20H,1,11-12,17H2,2-3H3. The fourth-order valence-electron chi connectivity index (χ4n) is 4.51. The summed E-state index contributed by atoms with van der Waals surface area (Å²) in [6, 6.07) is 16.0. The van der Waals surface area contributed by atoms with Gasteiger partial charge in [0.2, 0.25) is 0 Å². The molecule has 0 N–H and O–H groups in total. The third kappa shape index (κ3) is 3.86. The summed E-state index contributed by atoms with van der Waals surface area (Å²) >= 11 is 0. The molecule has 2 aromatic carbocycles. The molecule has 0 amide bonds. The Morgan fingerprint density at radius 2 is 1.88 bits per heavy atom. The monoisotopic (exact) mass is 470 g/mol. The smallest absolute Gasteiger partial charge is 0.294 e. The quantitative estimate of drug-likeness (QED) is 0.368. The molecule has 1 aliphatic rings. The largest absolute Gasteiger partial charge is 0.329 e. The number of pyridine rings is 1. The van der Waals surface area contributed by atoms with Gasteiger partial charge in [0, 0.05) is 58.4 Å². The van der Waals surface area contributed by atoms with Gasteiger partial charge in [-0.2, -0.15) is 0 Å². The third-order valence-electron chi connectivity index (χ3n) is 6.27. The highest BCUT2D eigenvalue weighted by Gasteiger charge is 2.30. The summed E-state index contributed by atoms with van der Waals surface area (Å²) in [6.45, 7) is 4.27. The van der Waals surface area contributed by atoms with E-state index >= 15 is 0 Å². The van der Waals surface area contributed by atoms with Crippen molar-refractivity contribution in [2.75, 3.05) is 13.3 Å². The third-order valence-corrected chi connectivity index (χ3v) is 7.20. The molecular weight excluding hydrogens is 444 g/mol. The van der Waals surface area contributed by atoms with Crippen LogP contribution in [0.1, 0.15) is 36.0 Å². The molecule has 2 aromatic heterocycles. The highest BCUT2D eigenvalue weighted by molar-refractivity contribution is 7.84. The fourth-order valence-corrected chi connectivity index (χ4v) is 5.03. The number of imidazole rings is 1. The Bertz CT molecular complexity index is 1510. The lowest BCUT2D eigenvalue weighted by Crippen LogP contribution is -2.26. The number of fused-ring (bicyclic) bond motifs is 1. The summed E-state index contributed by atoms with van der Waals surface area (Å²) in [4.78, 5) is 23.3. The van der Waals surface area contributed by atoms with E-state index in [1.165, 1.54) is 0 Å². The van der Waals surface area contributed by atoms with E-state index in [4.69, 9.17) is 4.98 Å². The lowest BCUT2D eigenvalue weighted by atomic mass is 9.97. The summed E-state index contributed by atoms with van der Waals surface area (Å²) in [5.74, 6) is 0. The van der Waals surface area contributed by atoms with Crippen LogP contribution in [0.15, 0.2) is 76.0 Å². The molecular formula is C27H26N4O2S. The molecule has 5 rings (SSSR count). The summed E-state index contributed by atoms with van der Waals surface area (Å²) < 4.78 is 15.5. The Morgan fingerprint density at radius 1 is 1.15 bits per heavy atom. The van der Waals surface area contributed by atoms with Gasteiger partial charge in [-0.25, -0.2) is 4.79 Å². The van der Waals surface area contributed by atoms with E-state index in [9.17, 15) is 9.00 Å². The predicted molar refractivity (Wildman–Crippen MR) is 139 cm³/mol. The first-order chi connectivity index (χ1) is 16.5. The van der Waals surface area contributed by atoms with Crippen LogP contribution in [0.3, 0.4) is 0 Å². The fraction of sp³-hybridized carbons (Fsp3) is 0.222. The molecule has 0 spiro atoms. The minimum absolute atomic E-state index is 0.0649. The zero-order valence-corrected chi connectivity index (χ0v) is 20.1. The number of aliphatic imine (C=N–C) groups is 1. The maximum atomic E-state index is 13.5. The van der Waals surface area contributed by atoms with Gasteiger partial charge in [0.1, 0.15) is 0 Å². The van der Waals surface area contributed by atoms with E-state index in [1.807, 2.05) is 53.2 Å². The van der Waals surface area contributed by atoms with Gasteiger partial charge in [0.05, 0.1) is 23.6 Å². The van der Waals surface area contributed by atoms with Gasteiger partial charge in [0.15, 0.2) is 0 Å². The maximum absolute atomic E-state index is 13.5. The molecule has 0 aliphatic heterocycles. The predicted octanol–water partition coefficient (Wildman–Crippen LogP) is 4.68. The van der Waals surface area contributed by atoms with Gasteiger partial charge in [-0.15, -0.1) is 0 Å². The first-order valence-electron chi connectivity index (χ1n) is 11.2. The van der Waals surface area contributed by atoms with Crippen LogP contribution >= 0.6 is 0 Å². The molecule has 1 unspecified atom stereocenters. The van der Waals surface area contributed by atoms with Crippen molar-refractivity contribution in [3.63, 3.8) is 0 Å². The van der Waals surface area contributed by atoms with E-state index in [2.05, 4.69) is 17.6 Å². The molecule has 1 aliphatic carbocycles. The van der Waals surface area contributed by atoms with Gasteiger partial charge in [-0.05, 0) is 42.0 Å². The Hall–Kier alpha value is -3.58. The van der Waals surface area contributed by atoms with E-state index < -0.39 is 10.8 Å². The number of hydrogen-bond donors (Lipinski definition) is 0. The molecule has 2 heterocycles. The average molecular weight is 471 g/mol. The van der Waals surface area contributed by atoms with Crippen LogP contribution in [-0.4, -0.2) is 37.8 Å². The van der Waals surface area contributed by atoms with Crippen LogP contribution in [-0.2, 0) is 17.3 Å². The van der Waals surface area contributed by atoms with E-state index in [-0.39, 0.29) is 11.7 Å². The van der Waals surface area contributed by atoms with Crippen LogP contribution in [0.25, 0.3) is 28.0 Å². The van der Waals surface area contributed by atoms with Crippen molar-refractivity contribution in [1.82, 2.24) is 14.1 Å². The first-order valence-corrected chi connectivity index (χ1v) is 12.8. The molecule has 1 fully saturated rings. The topological polar surface area (TPSA) is 69.2 Å². The van der Waals surface area contributed by atoms with Crippen molar-refractivity contribution in [2.45, 2.75) is 30.3 Å². The van der Waals surface area contributed by atoms with Crippen molar-refractivity contribution >= 4 is 33.9 Å². The molecule has 0 radical (unpaired) electrons. The van der Waals surface area contributed by atoms with Crippen LogP contribution in [0.4, 0.5) is 0 Å². The molecule has 1 saturated carbocycles. The minimum atomic E-state index is -1.05. The first kappa shape index (κ1) is 22.2. The normalized spacial score (nSPS) is 14.6. The van der Waals surface area contributed by atoms with Gasteiger partial charge >= 0.3 is 5.69 Å². The van der Waals surface area contributed by atoms with Crippen LogP contribution < -0.4 is 5.69 Å². The van der Waals surface area contributed by atoms with Crippen LogP contribution in [0, 0.1) is 0 Å². The highest BCUT2D eigenvalue weighted by Crippen LogP contribution is 2.36. The summed E-state index contributed by atoms with van der Waals surface area (Å²) in [5.41, 5.74) is 4.21. The van der Waals surface area contributed by atoms with E-state index in [0.29, 0.717) is 6.54 Å². The molecule has 7 heteroatoms. The van der Waals surface area contributed by atoms with E-state index in [0.717, 1.165) is 56.7 Å². The van der Waals surface area contributed by atoms with E-state index in [1.54, 1.807) is 30.2 Å². The molecule has 0 saturated heterocycles. The van der Waals surface area contributed by atoms with Crippen molar-refractivity contribution in [1.29, 1.82) is 0 Å². The molecule has 4 aromatic rings. The number of nitrogens with zero attached hydrogens (tertiary/aromatic N) is 4. The zero-order valence-electron chi connectivity index (χ0n) is 19.3. The van der Waals surface area contributed by atoms with Gasteiger partial charge < -0.3 is 0 Å². The van der Waals surface area contributed by atoms with Gasteiger partial charge in [0.25, 0.3) is 0 Å². The second-order valence-electron chi connectivity index (χ2n) is 8.48. The Balaban J connectivity index is 1.72. The average Bonchev–Trinajstić information content (AvgIpc) is 3.65. The second kappa shape index (κ2) is 8.99. The minimum Gasteiger partial charge on any atom is -0.294 e. The molecule has 0 bridgehead atoms. The second-order valence-corrected chi connectivity index (χ2v) is 9.86. The SMILES string of the molecule is C=Cc1c(C=NC)n(Cc2ncc3ccccc3c2-c2ccc(S(C)=O)cc2)c(=O)n1C1CC1. The summed E-state index contributed by atoms with van der Waals surface area (Å²) in [7, 11) is 0.650. The number of hydrogen-bond acceptors (Lipinski definition) is 4. The Labute approximate surface area is 200 Å². The van der Waals surface area contributed by atoms with Crippen LogP contribution in [0.5, 0.6) is 0 Å². The van der Waals surface area contributed by atoms with Crippen molar-refractivity contribution in [3.8, 4) is 11.1 Å². The number of benzene rings is 2. The lowest BCUT2D eigenvalue weighted by Gasteiger charge is -2.14. The Kier molecular flexibility index (Phi) is 5.87. The van der Waals surface area contributed by atoms with Gasteiger partial charge in [-0.1, -0.05) is 43.0 Å². The number of aromatic nitrogens is 3. The Morgan fingerprint density at radius 3 is 2.53 bits per heavy atom. The molecule has 1 atom stereocenters. The highest BCUT2D eigenvalue weighted by atomic mass is 32.2. The van der Waals surface area contributed by atoms with Crippen molar-refractivity contribution in [3.05, 3.63) is 88.9 Å². The molecule has 6 nitrogen and oxygen atoms in total. The molecule has 34 heavy (non-hydrogen) atoms. The van der Waals surface area contributed by atoms with Crippen molar-refractivity contribution in [2.24, 2.45) is 4.99 Å². The number of rotatable bonds is 7. The lowest BCUT2D eigenvalue weighted by molar-refractivity contribution is 0.648. The summed E-state index contributed by atoms with van der Waals surface area (Å²) in [6.07, 6.45) is 8.99. The molecule has 172 valence electrons. The summed E-state index contributed by atoms with van der Waals surface area (Å²) in [5, 5.41) is 2.08. The van der Waals surface area contributed by atoms with Crippen LogP contribution in [0.2, 0.25) is 0 Å². The van der Waals surface area contributed by atoms with Gasteiger partial charge in [-0.3, -0.25) is 23.3 Å². The maximum Gasteiger partial charge on any atom is 0.329 e.